The van der Waals surface area contributed by atoms with Crippen molar-refractivity contribution in [3.8, 4) is 22.7 Å². The number of pyridine rings is 1. The summed E-state index contributed by atoms with van der Waals surface area (Å²) in [6.07, 6.45) is 1.20. The van der Waals surface area contributed by atoms with Gasteiger partial charge in [-0.15, -0.1) is 0 Å². The molecule has 2 aliphatic rings. The summed E-state index contributed by atoms with van der Waals surface area (Å²) < 4.78 is 64.8. The van der Waals surface area contributed by atoms with E-state index < -0.39 is 17.6 Å². The van der Waals surface area contributed by atoms with Gasteiger partial charge in [-0.1, -0.05) is 36.4 Å². The van der Waals surface area contributed by atoms with Gasteiger partial charge in [-0.25, -0.2) is 9.37 Å². The summed E-state index contributed by atoms with van der Waals surface area (Å²) in [6, 6.07) is 19.5. The number of rotatable bonds is 5. The predicted molar refractivity (Wildman–Crippen MR) is 137 cm³/mol. The molecule has 0 aliphatic heterocycles. The van der Waals surface area contributed by atoms with E-state index in [0.717, 1.165) is 18.2 Å². The van der Waals surface area contributed by atoms with E-state index in [1.54, 1.807) is 22.9 Å². The second-order valence-electron chi connectivity index (χ2n) is 10.1. The fourth-order valence-corrected chi connectivity index (χ4v) is 5.75. The zero-order chi connectivity index (χ0) is 26.0. The van der Waals surface area contributed by atoms with Gasteiger partial charge in [0.1, 0.15) is 12.4 Å². The number of aromatic nitrogens is 2. The average Bonchev–Trinajstić information content (AvgIpc) is 3.45. The van der Waals surface area contributed by atoms with E-state index >= 15 is 4.39 Å². The van der Waals surface area contributed by atoms with E-state index in [2.05, 4.69) is 4.98 Å². The first-order valence-electron chi connectivity index (χ1n) is 12.5. The molecule has 0 spiro atoms. The molecular formula is C31H22F4N2O. The summed E-state index contributed by atoms with van der Waals surface area (Å²) in [5, 5.41) is 0.507. The number of fused-ring (bicyclic) bond motifs is 4. The second kappa shape index (κ2) is 8.45. The number of nitrogens with zero attached hydrogens (tertiary/aromatic N) is 2. The molecular weight excluding hydrogens is 492 g/mol. The first-order valence-corrected chi connectivity index (χ1v) is 12.5. The maximum atomic E-state index is 15.4. The lowest BCUT2D eigenvalue weighted by atomic mass is 9.98. The smallest absolute Gasteiger partial charge is 0.417 e. The Bertz CT molecular complexity index is 1690. The Morgan fingerprint density at radius 3 is 2.55 bits per heavy atom. The molecule has 3 nitrogen and oxygen atoms in total. The first kappa shape index (κ1) is 23.0. The van der Waals surface area contributed by atoms with Crippen LogP contribution in [0, 0.1) is 11.7 Å². The predicted octanol–water partition coefficient (Wildman–Crippen LogP) is 8.09. The van der Waals surface area contributed by atoms with Gasteiger partial charge in [-0.05, 0) is 71.7 Å². The van der Waals surface area contributed by atoms with Gasteiger partial charge in [0, 0.05) is 40.7 Å². The van der Waals surface area contributed by atoms with Gasteiger partial charge in [-0.3, -0.25) is 0 Å². The van der Waals surface area contributed by atoms with E-state index in [1.807, 2.05) is 42.6 Å². The van der Waals surface area contributed by atoms with Gasteiger partial charge in [0.25, 0.3) is 0 Å². The molecule has 190 valence electrons. The van der Waals surface area contributed by atoms with Crippen LogP contribution in [-0.2, 0) is 19.2 Å². The van der Waals surface area contributed by atoms with Crippen molar-refractivity contribution < 1.29 is 22.3 Å². The Balaban J connectivity index is 1.32. The number of hydrogen-bond acceptors (Lipinski definition) is 2. The summed E-state index contributed by atoms with van der Waals surface area (Å²) in [7, 11) is 0. The summed E-state index contributed by atoms with van der Waals surface area (Å²) in [5.74, 6) is 1.27. The molecule has 7 heteroatoms. The lowest BCUT2D eigenvalue weighted by Gasteiger charge is -2.13. The fourth-order valence-electron chi connectivity index (χ4n) is 5.75. The Kier molecular flexibility index (Phi) is 5.12. The van der Waals surface area contributed by atoms with Gasteiger partial charge in [0.05, 0.1) is 11.1 Å². The van der Waals surface area contributed by atoms with Gasteiger partial charge in [0.15, 0.2) is 0 Å². The summed E-state index contributed by atoms with van der Waals surface area (Å²) in [6.45, 7) is -0.0860. The fraction of sp³-hybridized carbons (Fsp3) is 0.194. The molecule has 0 saturated heterocycles. The molecule has 0 N–H and O–H groups in total. The van der Waals surface area contributed by atoms with E-state index in [9.17, 15) is 13.2 Å². The van der Waals surface area contributed by atoms with E-state index in [-0.39, 0.29) is 17.7 Å². The Hall–Kier alpha value is -4.13. The van der Waals surface area contributed by atoms with Crippen molar-refractivity contribution in [1.82, 2.24) is 9.55 Å². The molecule has 3 aromatic carbocycles. The minimum atomic E-state index is -4.54. The Morgan fingerprint density at radius 2 is 1.74 bits per heavy atom. The van der Waals surface area contributed by atoms with Crippen molar-refractivity contribution in [2.75, 3.05) is 0 Å². The molecule has 0 amide bonds. The average molecular weight is 515 g/mol. The lowest BCUT2D eigenvalue weighted by molar-refractivity contribution is -0.137. The molecule has 5 aromatic rings. The Labute approximate surface area is 216 Å². The van der Waals surface area contributed by atoms with Gasteiger partial charge >= 0.3 is 6.18 Å². The first-order chi connectivity index (χ1) is 18.4. The molecule has 2 unspecified atom stereocenters. The van der Waals surface area contributed by atoms with Crippen molar-refractivity contribution >= 4 is 10.9 Å². The maximum absolute atomic E-state index is 15.4. The van der Waals surface area contributed by atoms with Crippen LogP contribution in [0.4, 0.5) is 17.6 Å². The zero-order valence-corrected chi connectivity index (χ0v) is 20.2. The van der Waals surface area contributed by atoms with Crippen LogP contribution >= 0.6 is 0 Å². The summed E-state index contributed by atoms with van der Waals surface area (Å²) in [5.41, 5.74) is 3.62. The van der Waals surface area contributed by atoms with E-state index in [0.29, 0.717) is 34.2 Å². The third-order valence-corrected chi connectivity index (χ3v) is 7.71. The highest BCUT2D eigenvalue weighted by atomic mass is 19.4. The third-order valence-electron chi connectivity index (χ3n) is 7.71. The summed E-state index contributed by atoms with van der Waals surface area (Å²) >= 11 is 0. The summed E-state index contributed by atoms with van der Waals surface area (Å²) in [4.78, 5) is 4.41. The number of para-hydroxylation sites is 1. The van der Waals surface area contributed by atoms with Crippen molar-refractivity contribution in [2.45, 2.75) is 31.5 Å². The van der Waals surface area contributed by atoms with E-state index in [4.69, 9.17) is 4.74 Å². The van der Waals surface area contributed by atoms with Crippen molar-refractivity contribution in [3.05, 3.63) is 113 Å². The second-order valence-corrected chi connectivity index (χ2v) is 10.1. The standard InChI is InChI=1S/C31H22F4N2O/c32-28-14-29-24(12-20(28)17-38-30-13-19-10-18-11-23(18)25(19)15-36-30)26(16-37(29)21-6-2-1-3-7-21)22-8-4-5-9-27(22)31(33,34)35/h1-9,12-16,18,23H,10-11,17H2. The highest BCUT2D eigenvalue weighted by molar-refractivity contribution is 5.98. The number of ether oxygens (including phenoxy) is 1. The minimum Gasteiger partial charge on any atom is -0.473 e. The molecule has 1 fully saturated rings. The molecule has 2 heterocycles. The van der Waals surface area contributed by atoms with Crippen LogP contribution in [-0.4, -0.2) is 9.55 Å². The topological polar surface area (TPSA) is 27.1 Å². The molecule has 2 atom stereocenters. The number of halogens is 4. The molecule has 0 radical (unpaired) electrons. The molecule has 7 rings (SSSR count). The molecule has 0 bridgehead atoms. The highest BCUT2D eigenvalue weighted by Crippen LogP contribution is 2.56. The third kappa shape index (κ3) is 3.85. The monoisotopic (exact) mass is 514 g/mol. The number of hydrogen-bond donors (Lipinski definition) is 0. The van der Waals surface area contributed by atoms with Gasteiger partial charge in [0.2, 0.25) is 5.88 Å². The number of alkyl halides is 3. The van der Waals surface area contributed by atoms with Crippen LogP contribution in [0.1, 0.15) is 34.6 Å². The molecule has 2 aliphatic carbocycles. The van der Waals surface area contributed by atoms with Crippen molar-refractivity contribution in [2.24, 2.45) is 5.92 Å². The van der Waals surface area contributed by atoms with Crippen LogP contribution in [0.2, 0.25) is 0 Å². The Morgan fingerprint density at radius 1 is 0.947 bits per heavy atom. The van der Waals surface area contributed by atoms with Crippen molar-refractivity contribution in [3.63, 3.8) is 0 Å². The largest absolute Gasteiger partial charge is 0.473 e. The van der Waals surface area contributed by atoms with E-state index in [1.165, 1.54) is 35.7 Å². The van der Waals surface area contributed by atoms with Crippen molar-refractivity contribution in [1.29, 1.82) is 0 Å². The SMILES string of the molecule is Fc1cc2c(cc1COc1cc3c(cn1)C1CC1C3)c(-c1ccccc1C(F)(F)F)cn2-c1ccccc1. The van der Waals surface area contributed by atoms with Crippen LogP contribution in [0.15, 0.2) is 85.2 Å². The van der Waals surface area contributed by atoms with Gasteiger partial charge in [-0.2, -0.15) is 13.2 Å². The highest BCUT2D eigenvalue weighted by Gasteiger charge is 2.45. The van der Waals surface area contributed by atoms with Crippen LogP contribution in [0.3, 0.4) is 0 Å². The normalized spacial score (nSPS) is 17.9. The quantitative estimate of drug-likeness (QED) is 0.222. The zero-order valence-electron chi connectivity index (χ0n) is 20.2. The minimum absolute atomic E-state index is 0.0389. The van der Waals surface area contributed by atoms with Crippen LogP contribution in [0.5, 0.6) is 5.88 Å². The number of benzene rings is 3. The molecule has 38 heavy (non-hydrogen) atoms. The van der Waals surface area contributed by atoms with Crippen LogP contribution in [0.25, 0.3) is 27.7 Å². The van der Waals surface area contributed by atoms with Gasteiger partial charge < -0.3 is 9.30 Å². The molecule has 1 saturated carbocycles. The molecule has 2 aromatic heterocycles. The maximum Gasteiger partial charge on any atom is 0.417 e. The lowest BCUT2D eigenvalue weighted by Crippen LogP contribution is -2.06. The van der Waals surface area contributed by atoms with Crippen LogP contribution < -0.4 is 4.74 Å².